The SMILES string of the molecule is Cc1ccc(S(=O)(=O)n2cc(-c3ccccc3)c3cc(-c4ccc(N5CCN(C)CC5)c(C)c4)cnc32)cc1. The van der Waals surface area contributed by atoms with Crippen molar-refractivity contribution in [3.05, 3.63) is 102 Å². The predicted molar refractivity (Wildman–Crippen MR) is 159 cm³/mol. The van der Waals surface area contributed by atoms with Gasteiger partial charge in [0.2, 0.25) is 0 Å². The number of aryl methyl sites for hydroxylation is 2. The molecule has 7 heteroatoms. The van der Waals surface area contributed by atoms with Gasteiger partial charge in [-0.2, -0.15) is 0 Å². The zero-order valence-electron chi connectivity index (χ0n) is 22.5. The molecule has 0 atom stereocenters. The van der Waals surface area contributed by atoms with Crippen LogP contribution in [0.25, 0.3) is 33.3 Å². The zero-order chi connectivity index (χ0) is 27.1. The fourth-order valence-corrected chi connectivity index (χ4v) is 6.65. The van der Waals surface area contributed by atoms with Gasteiger partial charge < -0.3 is 9.80 Å². The molecule has 0 unspecified atom stereocenters. The number of likely N-dealkylation sites (N-methyl/N-ethyl adjacent to an activating group) is 1. The molecule has 0 radical (unpaired) electrons. The van der Waals surface area contributed by atoms with Crippen molar-refractivity contribution in [1.29, 1.82) is 0 Å². The van der Waals surface area contributed by atoms with Gasteiger partial charge in [-0.25, -0.2) is 17.4 Å². The lowest BCUT2D eigenvalue weighted by Crippen LogP contribution is -2.44. The quantitative estimate of drug-likeness (QED) is 0.277. The van der Waals surface area contributed by atoms with Crippen molar-refractivity contribution < 1.29 is 8.42 Å². The number of nitrogens with zero attached hydrogens (tertiary/aromatic N) is 4. The molecule has 1 aliphatic rings. The van der Waals surface area contributed by atoms with E-state index in [9.17, 15) is 8.42 Å². The molecule has 3 aromatic carbocycles. The molecule has 1 fully saturated rings. The maximum absolute atomic E-state index is 13.7. The van der Waals surface area contributed by atoms with Gasteiger partial charge in [-0.15, -0.1) is 0 Å². The lowest BCUT2D eigenvalue weighted by molar-refractivity contribution is 0.312. The van der Waals surface area contributed by atoms with E-state index in [0.717, 1.165) is 59.4 Å². The summed E-state index contributed by atoms with van der Waals surface area (Å²) in [5, 5.41) is 0.801. The average Bonchev–Trinajstić information content (AvgIpc) is 3.34. The van der Waals surface area contributed by atoms with Crippen molar-refractivity contribution in [2.75, 3.05) is 38.1 Å². The van der Waals surface area contributed by atoms with Crippen LogP contribution in [0.15, 0.2) is 96.2 Å². The number of rotatable bonds is 5. The van der Waals surface area contributed by atoms with E-state index in [1.54, 1.807) is 24.5 Å². The number of benzene rings is 3. The molecule has 1 saturated heterocycles. The molecule has 198 valence electrons. The average molecular weight is 537 g/mol. The lowest BCUT2D eigenvalue weighted by atomic mass is 10.00. The highest BCUT2D eigenvalue weighted by Gasteiger charge is 2.23. The second-order valence-electron chi connectivity index (χ2n) is 10.4. The third-order valence-corrected chi connectivity index (χ3v) is 9.31. The summed E-state index contributed by atoms with van der Waals surface area (Å²) in [6, 6.07) is 25.4. The summed E-state index contributed by atoms with van der Waals surface area (Å²) in [4.78, 5) is 9.78. The molecule has 0 N–H and O–H groups in total. The van der Waals surface area contributed by atoms with E-state index in [1.807, 2.05) is 49.4 Å². The summed E-state index contributed by atoms with van der Waals surface area (Å²) in [5.41, 5.74) is 7.71. The molecule has 1 aliphatic heterocycles. The maximum Gasteiger partial charge on any atom is 0.269 e. The number of pyridine rings is 1. The van der Waals surface area contributed by atoms with Gasteiger partial charge in [0.05, 0.1) is 4.90 Å². The van der Waals surface area contributed by atoms with E-state index in [4.69, 9.17) is 4.98 Å². The second kappa shape index (κ2) is 9.98. The van der Waals surface area contributed by atoms with E-state index >= 15 is 0 Å². The molecule has 39 heavy (non-hydrogen) atoms. The Labute approximate surface area is 230 Å². The van der Waals surface area contributed by atoms with Crippen molar-refractivity contribution >= 4 is 26.7 Å². The van der Waals surface area contributed by atoms with Crippen molar-refractivity contribution in [2.24, 2.45) is 0 Å². The van der Waals surface area contributed by atoms with Crippen LogP contribution >= 0.6 is 0 Å². The number of fused-ring (bicyclic) bond motifs is 1. The zero-order valence-corrected chi connectivity index (χ0v) is 23.3. The molecule has 0 spiro atoms. The normalized spacial score (nSPS) is 14.7. The van der Waals surface area contributed by atoms with Crippen LogP contribution in [0.5, 0.6) is 0 Å². The number of hydrogen-bond acceptors (Lipinski definition) is 5. The number of aromatic nitrogens is 2. The molecule has 6 rings (SSSR count). The van der Waals surface area contributed by atoms with Crippen LogP contribution in [-0.2, 0) is 10.0 Å². The number of anilines is 1. The van der Waals surface area contributed by atoms with Crippen LogP contribution in [0.3, 0.4) is 0 Å². The maximum atomic E-state index is 13.7. The van der Waals surface area contributed by atoms with Crippen LogP contribution in [0, 0.1) is 13.8 Å². The predicted octanol–water partition coefficient (Wildman–Crippen LogP) is 5.98. The molecule has 0 amide bonds. The third kappa shape index (κ3) is 4.73. The minimum atomic E-state index is -3.83. The standard InChI is InChI=1S/C32H32N4O2S/c1-23-9-12-28(13-10-23)39(37,38)36-22-30(25-7-5-4-6-8-25)29-20-27(21-33-32(29)36)26-11-14-31(24(2)19-26)35-17-15-34(3)16-18-35/h4-14,19-22H,15-18H2,1-3H3. The van der Waals surface area contributed by atoms with Gasteiger partial charge in [-0.1, -0.05) is 54.1 Å². The van der Waals surface area contributed by atoms with E-state index in [0.29, 0.717) is 5.65 Å². The Kier molecular flexibility index (Phi) is 6.49. The van der Waals surface area contributed by atoms with E-state index in [1.165, 1.54) is 15.2 Å². The van der Waals surface area contributed by atoms with E-state index < -0.39 is 10.0 Å². The number of piperazine rings is 1. The molecule has 0 bridgehead atoms. The first-order chi connectivity index (χ1) is 18.8. The fraction of sp³-hybridized carbons (Fsp3) is 0.219. The van der Waals surface area contributed by atoms with Gasteiger partial charge in [0, 0.05) is 60.8 Å². The summed E-state index contributed by atoms with van der Waals surface area (Å²) in [6.07, 6.45) is 3.48. The first kappa shape index (κ1) is 25.3. The summed E-state index contributed by atoms with van der Waals surface area (Å²) >= 11 is 0. The van der Waals surface area contributed by atoms with Gasteiger partial charge in [-0.05, 0) is 67.9 Å². The molecule has 0 aliphatic carbocycles. The minimum absolute atomic E-state index is 0.241. The van der Waals surface area contributed by atoms with Gasteiger partial charge in [0.1, 0.15) is 0 Å². The largest absolute Gasteiger partial charge is 0.369 e. The highest BCUT2D eigenvalue weighted by molar-refractivity contribution is 7.90. The van der Waals surface area contributed by atoms with Gasteiger partial charge >= 0.3 is 0 Å². The smallest absolute Gasteiger partial charge is 0.269 e. The monoisotopic (exact) mass is 536 g/mol. The molecule has 3 heterocycles. The van der Waals surface area contributed by atoms with Gasteiger partial charge in [0.15, 0.2) is 5.65 Å². The fourth-order valence-electron chi connectivity index (χ4n) is 5.33. The Morgan fingerprint density at radius 1 is 0.769 bits per heavy atom. The van der Waals surface area contributed by atoms with E-state index in [2.05, 4.69) is 48.0 Å². The Morgan fingerprint density at radius 3 is 2.18 bits per heavy atom. The summed E-state index contributed by atoms with van der Waals surface area (Å²) in [7, 11) is -1.66. The van der Waals surface area contributed by atoms with Gasteiger partial charge in [-0.3, -0.25) is 0 Å². The summed E-state index contributed by atoms with van der Waals surface area (Å²) in [5.74, 6) is 0. The van der Waals surface area contributed by atoms with Crippen LogP contribution < -0.4 is 4.90 Å². The van der Waals surface area contributed by atoms with Crippen LogP contribution in [0.4, 0.5) is 5.69 Å². The minimum Gasteiger partial charge on any atom is -0.369 e. The second-order valence-corrected chi connectivity index (χ2v) is 12.2. The van der Waals surface area contributed by atoms with Gasteiger partial charge in [0.25, 0.3) is 10.0 Å². The van der Waals surface area contributed by atoms with Crippen molar-refractivity contribution in [3.63, 3.8) is 0 Å². The Bertz CT molecular complexity index is 1750. The third-order valence-electron chi connectivity index (χ3n) is 7.65. The van der Waals surface area contributed by atoms with Crippen LogP contribution in [0.2, 0.25) is 0 Å². The molecule has 5 aromatic rings. The Balaban J connectivity index is 1.46. The molecule has 0 saturated carbocycles. The Hall–Kier alpha value is -3.94. The van der Waals surface area contributed by atoms with Crippen LogP contribution in [0.1, 0.15) is 11.1 Å². The lowest BCUT2D eigenvalue weighted by Gasteiger charge is -2.35. The molecule has 6 nitrogen and oxygen atoms in total. The highest BCUT2D eigenvalue weighted by Crippen LogP contribution is 2.35. The highest BCUT2D eigenvalue weighted by atomic mass is 32.2. The van der Waals surface area contributed by atoms with Crippen molar-refractivity contribution in [1.82, 2.24) is 13.9 Å². The molecular weight excluding hydrogens is 504 g/mol. The van der Waals surface area contributed by atoms with E-state index in [-0.39, 0.29) is 4.90 Å². The topological polar surface area (TPSA) is 58.4 Å². The van der Waals surface area contributed by atoms with Crippen LogP contribution in [-0.4, -0.2) is 55.5 Å². The summed E-state index contributed by atoms with van der Waals surface area (Å²) in [6.45, 7) is 8.26. The number of hydrogen-bond donors (Lipinski definition) is 0. The first-order valence-corrected chi connectivity index (χ1v) is 14.7. The first-order valence-electron chi connectivity index (χ1n) is 13.2. The molecule has 2 aromatic heterocycles. The summed E-state index contributed by atoms with van der Waals surface area (Å²) < 4.78 is 28.8. The Morgan fingerprint density at radius 2 is 1.49 bits per heavy atom. The van der Waals surface area contributed by atoms with Crippen molar-refractivity contribution in [3.8, 4) is 22.3 Å². The van der Waals surface area contributed by atoms with Crippen molar-refractivity contribution in [2.45, 2.75) is 18.7 Å². The molecular formula is C32H32N4O2S.